The summed E-state index contributed by atoms with van der Waals surface area (Å²) < 4.78 is 0. The summed E-state index contributed by atoms with van der Waals surface area (Å²) in [6.07, 6.45) is 7.35. The molecule has 1 N–H and O–H groups in total. The van der Waals surface area contributed by atoms with E-state index in [-0.39, 0.29) is 16.7 Å². The Hall–Kier alpha value is -3.68. The molecule has 0 radical (unpaired) electrons. The zero-order valence-corrected chi connectivity index (χ0v) is 22.0. The average Bonchev–Trinajstić information content (AvgIpc) is 2.89. The summed E-state index contributed by atoms with van der Waals surface area (Å²) in [5.74, 6) is -0.394. The summed E-state index contributed by atoms with van der Waals surface area (Å²) >= 11 is 7.71. The van der Waals surface area contributed by atoms with E-state index in [0.717, 1.165) is 33.3 Å². The van der Waals surface area contributed by atoms with Crippen LogP contribution in [0.1, 0.15) is 44.4 Å². The third-order valence-electron chi connectivity index (χ3n) is 5.74. The summed E-state index contributed by atoms with van der Waals surface area (Å²) in [5, 5.41) is 10.9. The Morgan fingerprint density at radius 1 is 1.03 bits per heavy atom. The lowest BCUT2D eigenvalue weighted by Crippen LogP contribution is -2.22. The first-order valence-corrected chi connectivity index (χ1v) is 13.1. The molecule has 4 aromatic rings. The predicted molar refractivity (Wildman–Crippen MR) is 151 cm³/mol. The molecule has 0 spiro atoms. The number of benzene rings is 2. The first-order valence-electron chi connectivity index (χ1n) is 11.6. The smallest absolute Gasteiger partial charge is 0.337 e. The molecule has 0 saturated heterocycles. The molecule has 0 saturated carbocycles. The van der Waals surface area contributed by atoms with E-state index in [1.54, 1.807) is 43.0 Å². The molecule has 4 rings (SSSR count). The molecule has 0 aliphatic carbocycles. The number of hydrogen-bond donors (Lipinski definition) is 1. The molecule has 2 aromatic carbocycles. The fourth-order valence-electron chi connectivity index (χ4n) is 3.80. The minimum atomic E-state index is -1.03. The summed E-state index contributed by atoms with van der Waals surface area (Å²) in [4.78, 5) is 34.1. The van der Waals surface area contributed by atoms with Gasteiger partial charge < -0.3 is 10.0 Å². The van der Waals surface area contributed by atoms with Crippen molar-refractivity contribution in [2.24, 2.45) is 0 Å². The molecule has 6 nitrogen and oxygen atoms in total. The molecule has 1 atom stereocenters. The van der Waals surface area contributed by atoms with Gasteiger partial charge in [-0.1, -0.05) is 54.1 Å². The van der Waals surface area contributed by atoms with Crippen molar-refractivity contribution in [1.82, 2.24) is 14.9 Å². The van der Waals surface area contributed by atoms with E-state index in [2.05, 4.69) is 16.0 Å². The van der Waals surface area contributed by atoms with Crippen LogP contribution < -0.4 is 0 Å². The van der Waals surface area contributed by atoms with Gasteiger partial charge in [0.2, 0.25) is 5.91 Å². The second-order valence-corrected chi connectivity index (χ2v) is 10.3. The Labute approximate surface area is 225 Å². The third-order valence-corrected chi connectivity index (χ3v) is 7.30. The van der Waals surface area contributed by atoms with Crippen LogP contribution in [-0.2, 0) is 4.79 Å². The topological polar surface area (TPSA) is 83.4 Å². The van der Waals surface area contributed by atoms with Crippen LogP contribution >= 0.6 is 23.4 Å². The van der Waals surface area contributed by atoms with Crippen molar-refractivity contribution < 1.29 is 14.7 Å². The molecule has 37 heavy (non-hydrogen) atoms. The van der Waals surface area contributed by atoms with Crippen LogP contribution in [-0.4, -0.2) is 51.7 Å². The van der Waals surface area contributed by atoms with E-state index >= 15 is 0 Å². The maximum Gasteiger partial charge on any atom is 0.337 e. The number of aromatic nitrogens is 2. The number of carboxylic acids is 1. The second kappa shape index (κ2) is 12.0. The molecule has 1 unspecified atom stereocenters. The van der Waals surface area contributed by atoms with Gasteiger partial charge in [0.1, 0.15) is 0 Å². The molecule has 2 heterocycles. The largest absolute Gasteiger partial charge is 0.478 e. The van der Waals surface area contributed by atoms with Gasteiger partial charge in [0, 0.05) is 49.1 Å². The van der Waals surface area contributed by atoms with Gasteiger partial charge in [-0.3, -0.25) is 9.78 Å². The Morgan fingerprint density at radius 2 is 1.84 bits per heavy atom. The van der Waals surface area contributed by atoms with E-state index in [1.165, 1.54) is 6.20 Å². The molecular formula is C29H26ClN3O3S. The number of aromatic carboxylic acids is 1. The van der Waals surface area contributed by atoms with Gasteiger partial charge in [-0.2, -0.15) is 0 Å². The highest BCUT2D eigenvalue weighted by Crippen LogP contribution is 2.36. The number of fused-ring (bicyclic) bond motifs is 1. The second-order valence-electron chi connectivity index (χ2n) is 8.68. The maximum absolute atomic E-state index is 12.1. The molecule has 2 aromatic heterocycles. The lowest BCUT2D eigenvalue weighted by molar-refractivity contribution is -0.128. The summed E-state index contributed by atoms with van der Waals surface area (Å²) in [6.45, 7) is 0. The highest BCUT2D eigenvalue weighted by atomic mass is 35.5. The fraction of sp³-hybridized carbons (Fsp3) is 0.172. The van der Waals surface area contributed by atoms with E-state index in [1.807, 2.05) is 60.7 Å². The molecule has 0 fully saturated rings. The zero-order valence-electron chi connectivity index (χ0n) is 20.5. The van der Waals surface area contributed by atoms with E-state index in [9.17, 15) is 14.7 Å². The lowest BCUT2D eigenvalue weighted by Gasteiger charge is -2.19. The minimum Gasteiger partial charge on any atom is -0.478 e. The van der Waals surface area contributed by atoms with Crippen LogP contribution in [0.5, 0.6) is 0 Å². The van der Waals surface area contributed by atoms with E-state index in [4.69, 9.17) is 11.6 Å². The number of thioether (sulfide) groups is 1. The van der Waals surface area contributed by atoms with Gasteiger partial charge in [0.25, 0.3) is 0 Å². The summed E-state index contributed by atoms with van der Waals surface area (Å²) in [5.41, 5.74) is 4.52. The molecule has 0 bridgehead atoms. The molecule has 0 aliphatic heterocycles. The quantitative estimate of drug-likeness (QED) is 0.267. The highest BCUT2D eigenvalue weighted by Gasteiger charge is 2.18. The Balaban J connectivity index is 1.61. The normalized spacial score (nSPS) is 12.1. The standard InChI is InChI=1S/C29H26ClN3O3S/c1-33(2)27(34)12-13-37-28(22-15-23(29(35)36)18-31-17-22)21-5-3-4-19(14-21)6-10-25-11-8-20-7-9-24(30)16-26(20)32-25/h3-11,14-18,28H,12-13H2,1-2H3,(H,35,36)/b10-6+. The zero-order chi connectivity index (χ0) is 26.4. The first-order chi connectivity index (χ1) is 17.8. The van der Waals surface area contributed by atoms with Gasteiger partial charge >= 0.3 is 5.97 Å². The number of pyridine rings is 2. The molecular weight excluding hydrogens is 506 g/mol. The van der Waals surface area contributed by atoms with Gasteiger partial charge in [-0.25, -0.2) is 9.78 Å². The Kier molecular flexibility index (Phi) is 8.58. The van der Waals surface area contributed by atoms with Crippen LogP contribution in [0.25, 0.3) is 23.1 Å². The van der Waals surface area contributed by atoms with Crippen LogP contribution in [0.15, 0.2) is 73.1 Å². The average molecular weight is 532 g/mol. The number of halogens is 1. The van der Waals surface area contributed by atoms with Crippen molar-refractivity contribution in [2.45, 2.75) is 11.7 Å². The van der Waals surface area contributed by atoms with Crippen LogP contribution in [0.4, 0.5) is 0 Å². The van der Waals surface area contributed by atoms with Crippen molar-refractivity contribution in [2.75, 3.05) is 19.8 Å². The van der Waals surface area contributed by atoms with E-state index < -0.39 is 5.97 Å². The molecule has 188 valence electrons. The first kappa shape index (κ1) is 26.4. The van der Waals surface area contributed by atoms with Crippen LogP contribution in [0, 0.1) is 0 Å². The van der Waals surface area contributed by atoms with Gasteiger partial charge in [-0.05, 0) is 47.0 Å². The minimum absolute atomic E-state index is 0.0459. The van der Waals surface area contributed by atoms with Crippen molar-refractivity contribution in [3.05, 3.63) is 106 Å². The number of carboxylic acid groups (broad SMARTS) is 1. The molecule has 8 heteroatoms. The summed E-state index contributed by atoms with van der Waals surface area (Å²) in [7, 11) is 3.47. The van der Waals surface area contributed by atoms with E-state index in [0.29, 0.717) is 17.2 Å². The van der Waals surface area contributed by atoms with Gasteiger partial charge in [0.15, 0.2) is 0 Å². The molecule has 1 amide bonds. The Morgan fingerprint density at radius 3 is 2.62 bits per heavy atom. The number of amides is 1. The molecule has 0 aliphatic rings. The number of rotatable bonds is 9. The van der Waals surface area contributed by atoms with Crippen molar-refractivity contribution >= 4 is 58.3 Å². The third kappa shape index (κ3) is 6.96. The number of nitrogens with zero attached hydrogens (tertiary/aromatic N) is 3. The SMILES string of the molecule is CN(C)C(=O)CCSC(c1cccc(/C=C/c2ccc3ccc(Cl)cc3n2)c1)c1cncc(C(=O)O)c1. The number of hydrogen-bond acceptors (Lipinski definition) is 5. The predicted octanol–water partition coefficient (Wildman–Crippen LogP) is 6.45. The number of carbonyl (C=O) groups is 2. The van der Waals surface area contributed by atoms with Crippen molar-refractivity contribution in [1.29, 1.82) is 0 Å². The maximum atomic E-state index is 12.1. The van der Waals surface area contributed by atoms with Crippen LogP contribution in [0.2, 0.25) is 5.02 Å². The highest BCUT2D eigenvalue weighted by molar-refractivity contribution is 7.99. The summed E-state index contributed by atoms with van der Waals surface area (Å²) in [6, 6.07) is 19.3. The van der Waals surface area contributed by atoms with Crippen molar-refractivity contribution in [3.63, 3.8) is 0 Å². The van der Waals surface area contributed by atoms with Gasteiger partial charge in [0.05, 0.1) is 22.0 Å². The number of carbonyl (C=O) groups excluding carboxylic acids is 1. The van der Waals surface area contributed by atoms with Gasteiger partial charge in [-0.15, -0.1) is 11.8 Å². The lowest BCUT2D eigenvalue weighted by atomic mass is 10.0. The Bertz CT molecular complexity index is 1470. The fourth-order valence-corrected chi connectivity index (χ4v) is 5.15. The van der Waals surface area contributed by atoms with Crippen LogP contribution in [0.3, 0.4) is 0 Å². The van der Waals surface area contributed by atoms with Crippen molar-refractivity contribution in [3.8, 4) is 0 Å². The monoisotopic (exact) mass is 531 g/mol.